The molecule has 0 spiro atoms. The highest BCUT2D eigenvalue weighted by Crippen LogP contribution is 2.22. The fourth-order valence-corrected chi connectivity index (χ4v) is 2.00. The number of hydrogen-bond donors (Lipinski definition) is 4. The largest absolute Gasteiger partial charge is 0.479 e. The van der Waals surface area contributed by atoms with Crippen molar-refractivity contribution in [2.24, 2.45) is 0 Å². The van der Waals surface area contributed by atoms with E-state index >= 15 is 0 Å². The van der Waals surface area contributed by atoms with Gasteiger partial charge in [-0.15, -0.1) is 0 Å². The lowest BCUT2D eigenvalue weighted by atomic mass is 9.95. The van der Waals surface area contributed by atoms with Gasteiger partial charge in [-0.1, -0.05) is 18.2 Å². The fraction of sp³-hybridized carbons (Fsp3) is 0.417. The Morgan fingerprint density at radius 2 is 2.06 bits per heavy atom. The Kier molecular flexibility index (Phi) is 3.42. The predicted molar refractivity (Wildman–Crippen MR) is 60.5 cm³/mol. The van der Waals surface area contributed by atoms with Gasteiger partial charge in [0.25, 0.3) is 0 Å². The monoisotopic (exact) mass is 237 g/mol. The van der Waals surface area contributed by atoms with Gasteiger partial charge in [0.05, 0.1) is 0 Å². The molecule has 92 valence electrons. The number of rotatable bonds is 3. The van der Waals surface area contributed by atoms with Crippen LogP contribution in [0.1, 0.15) is 22.8 Å². The zero-order chi connectivity index (χ0) is 12.4. The SMILES string of the molecule is O=C(O)C(O)C(O)c1ccc2c(c1)CCNC2. The first-order chi connectivity index (χ1) is 8.09. The van der Waals surface area contributed by atoms with E-state index in [1.807, 2.05) is 6.07 Å². The first-order valence-electron chi connectivity index (χ1n) is 5.51. The third kappa shape index (κ3) is 2.46. The first-order valence-corrected chi connectivity index (χ1v) is 5.51. The average molecular weight is 237 g/mol. The molecule has 0 saturated heterocycles. The second-order valence-corrected chi connectivity index (χ2v) is 4.18. The lowest BCUT2D eigenvalue weighted by molar-refractivity contribution is -0.153. The summed E-state index contributed by atoms with van der Waals surface area (Å²) in [6, 6.07) is 5.28. The Hall–Kier alpha value is -1.43. The molecule has 0 radical (unpaired) electrons. The van der Waals surface area contributed by atoms with Gasteiger partial charge in [-0.25, -0.2) is 4.79 Å². The topological polar surface area (TPSA) is 89.8 Å². The van der Waals surface area contributed by atoms with Gasteiger partial charge < -0.3 is 20.6 Å². The number of hydrogen-bond acceptors (Lipinski definition) is 4. The molecule has 0 fully saturated rings. The maximum absolute atomic E-state index is 10.6. The van der Waals surface area contributed by atoms with Crippen LogP contribution in [0.5, 0.6) is 0 Å². The van der Waals surface area contributed by atoms with Crippen LogP contribution in [-0.2, 0) is 17.8 Å². The second-order valence-electron chi connectivity index (χ2n) is 4.18. The van der Waals surface area contributed by atoms with Gasteiger partial charge in [-0.2, -0.15) is 0 Å². The van der Waals surface area contributed by atoms with Crippen LogP contribution in [0, 0.1) is 0 Å². The van der Waals surface area contributed by atoms with Gasteiger partial charge in [0, 0.05) is 6.54 Å². The molecule has 0 aliphatic carbocycles. The summed E-state index contributed by atoms with van der Waals surface area (Å²) in [5, 5.41) is 30.9. The van der Waals surface area contributed by atoms with E-state index in [4.69, 9.17) is 5.11 Å². The molecule has 4 N–H and O–H groups in total. The maximum atomic E-state index is 10.6. The average Bonchev–Trinajstić information content (AvgIpc) is 2.36. The van der Waals surface area contributed by atoms with E-state index in [9.17, 15) is 15.0 Å². The molecule has 0 aromatic heterocycles. The van der Waals surface area contributed by atoms with Crippen LogP contribution in [0.15, 0.2) is 18.2 Å². The summed E-state index contributed by atoms with van der Waals surface area (Å²) < 4.78 is 0. The predicted octanol–water partition coefficient (Wildman–Crippen LogP) is -0.189. The van der Waals surface area contributed by atoms with Crippen molar-refractivity contribution in [1.82, 2.24) is 5.32 Å². The van der Waals surface area contributed by atoms with Crippen LogP contribution in [0.4, 0.5) is 0 Å². The van der Waals surface area contributed by atoms with Crippen molar-refractivity contribution >= 4 is 5.97 Å². The van der Waals surface area contributed by atoms with Crippen LogP contribution in [0.2, 0.25) is 0 Å². The molecule has 1 aliphatic rings. The molecule has 5 nitrogen and oxygen atoms in total. The fourth-order valence-electron chi connectivity index (χ4n) is 2.00. The molecule has 17 heavy (non-hydrogen) atoms. The molecule has 0 saturated carbocycles. The molecule has 0 amide bonds. The molecule has 2 rings (SSSR count). The normalized spacial score (nSPS) is 18.2. The van der Waals surface area contributed by atoms with E-state index in [0.29, 0.717) is 5.56 Å². The molecule has 2 unspecified atom stereocenters. The summed E-state index contributed by atoms with van der Waals surface area (Å²) in [4.78, 5) is 10.6. The smallest absolute Gasteiger partial charge is 0.335 e. The van der Waals surface area contributed by atoms with Crippen molar-refractivity contribution in [3.63, 3.8) is 0 Å². The van der Waals surface area contributed by atoms with Gasteiger partial charge in [0.2, 0.25) is 0 Å². The highest BCUT2D eigenvalue weighted by molar-refractivity contribution is 5.73. The number of nitrogens with one attached hydrogen (secondary N) is 1. The van der Waals surface area contributed by atoms with Gasteiger partial charge in [-0.3, -0.25) is 0 Å². The third-order valence-corrected chi connectivity index (χ3v) is 3.01. The van der Waals surface area contributed by atoms with E-state index in [0.717, 1.165) is 30.6 Å². The molecule has 1 aliphatic heterocycles. The van der Waals surface area contributed by atoms with Crippen LogP contribution in [0.25, 0.3) is 0 Å². The highest BCUT2D eigenvalue weighted by Gasteiger charge is 2.25. The van der Waals surface area contributed by atoms with Crippen LogP contribution < -0.4 is 5.32 Å². The minimum atomic E-state index is -1.78. The van der Waals surface area contributed by atoms with Crippen molar-refractivity contribution in [3.8, 4) is 0 Å². The number of carboxylic acid groups (broad SMARTS) is 1. The van der Waals surface area contributed by atoms with Gasteiger partial charge in [-0.05, 0) is 29.7 Å². The minimum absolute atomic E-state index is 0.445. The van der Waals surface area contributed by atoms with E-state index in [2.05, 4.69) is 5.32 Å². The zero-order valence-electron chi connectivity index (χ0n) is 9.26. The molecule has 1 heterocycles. The third-order valence-electron chi connectivity index (χ3n) is 3.01. The Labute approximate surface area is 98.7 Å². The number of aliphatic hydroxyl groups is 2. The van der Waals surface area contributed by atoms with E-state index < -0.39 is 18.2 Å². The Bertz CT molecular complexity index is 433. The van der Waals surface area contributed by atoms with Crippen molar-refractivity contribution in [2.45, 2.75) is 25.2 Å². The molecule has 2 atom stereocenters. The van der Waals surface area contributed by atoms with Crippen molar-refractivity contribution < 1.29 is 20.1 Å². The summed E-state index contributed by atoms with van der Waals surface area (Å²) in [5.41, 5.74) is 2.69. The molecule has 0 bridgehead atoms. The Balaban J connectivity index is 2.24. The molecule has 1 aromatic rings. The lowest BCUT2D eigenvalue weighted by Gasteiger charge is -2.20. The first kappa shape index (κ1) is 12.0. The second kappa shape index (κ2) is 4.83. The van der Waals surface area contributed by atoms with E-state index in [1.165, 1.54) is 0 Å². The Morgan fingerprint density at radius 3 is 2.76 bits per heavy atom. The van der Waals surface area contributed by atoms with Crippen molar-refractivity contribution in [1.29, 1.82) is 0 Å². The van der Waals surface area contributed by atoms with Crippen molar-refractivity contribution in [3.05, 3.63) is 34.9 Å². The molecular weight excluding hydrogens is 222 g/mol. The van der Waals surface area contributed by atoms with E-state index in [1.54, 1.807) is 12.1 Å². The summed E-state index contributed by atoms with van der Waals surface area (Å²) in [7, 11) is 0. The van der Waals surface area contributed by atoms with Crippen LogP contribution >= 0.6 is 0 Å². The van der Waals surface area contributed by atoms with Gasteiger partial charge in [0.1, 0.15) is 6.10 Å². The summed E-state index contributed by atoms with van der Waals surface area (Å²) in [5.74, 6) is -1.42. The molecule has 1 aromatic carbocycles. The minimum Gasteiger partial charge on any atom is -0.479 e. The lowest BCUT2D eigenvalue weighted by Crippen LogP contribution is -2.28. The molecular formula is C12H15NO4. The van der Waals surface area contributed by atoms with Crippen molar-refractivity contribution in [2.75, 3.05) is 6.54 Å². The molecule has 5 heteroatoms. The standard InChI is InChI=1S/C12H15NO4/c14-10(11(15)12(16)17)8-1-2-9-6-13-4-3-7(9)5-8/h1-2,5,10-11,13-15H,3-4,6H2,(H,16,17). The highest BCUT2D eigenvalue weighted by atomic mass is 16.4. The Morgan fingerprint density at radius 1 is 1.29 bits per heavy atom. The number of carbonyl (C=O) groups is 1. The summed E-state index contributed by atoms with van der Waals surface area (Å²) >= 11 is 0. The van der Waals surface area contributed by atoms with Gasteiger partial charge in [0.15, 0.2) is 6.10 Å². The van der Waals surface area contributed by atoms with Crippen LogP contribution in [-0.4, -0.2) is 33.9 Å². The van der Waals surface area contributed by atoms with Crippen LogP contribution in [0.3, 0.4) is 0 Å². The number of aliphatic hydroxyl groups excluding tert-OH is 2. The number of benzene rings is 1. The quantitative estimate of drug-likeness (QED) is 0.585. The van der Waals surface area contributed by atoms with Gasteiger partial charge >= 0.3 is 5.97 Å². The summed E-state index contributed by atoms with van der Waals surface area (Å²) in [6.45, 7) is 1.65. The number of aliphatic carboxylic acids is 1. The number of fused-ring (bicyclic) bond motifs is 1. The van der Waals surface area contributed by atoms with E-state index in [-0.39, 0.29) is 0 Å². The number of carboxylic acids is 1. The summed E-state index contributed by atoms with van der Waals surface area (Å²) in [6.07, 6.45) is -2.32. The maximum Gasteiger partial charge on any atom is 0.335 e. The zero-order valence-corrected chi connectivity index (χ0v) is 9.26.